The van der Waals surface area contributed by atoms with E-state index in [1.165, 1.54) is 0 Å². The average Bonchev–Trinajstić information content (AvgIpc) is 2.66. The maximum absolute atomic E-state index is 12.3. The number of aryl methyl sites for hydroxylation is 3. The Labute approximate surface area is 131 Å². The molecule has 0 radical (unpaired) electrons. The summed E-state index contributed by atoms with van der Waals surface area (Å²) in [6.45, 7) is 5.43. The fourth-order valence-electron chi connectivity index (χ4n) is 2.12. The first kappa shape index (κ1) is 15.4. The lowest BCUT2D eigenvalue weighted by Gasteiger charge is -2.07. The molecule has 1 amide bonds. The topological polar surface area (TPSA) is 64.0 Å². The summed E-state index contributed by atoms with van der Waals surface area (Å²) in [6.07, 6.45) is 0. The molecule has 0 saturated carbocycles. The summed E-state index contributed by atoms with van der Waals surface area (Å²) in [6, 6.07) is 5.50. The van der Waals surface area contributed by atoms with Crippen molar-refractivity contribution in [3.05, 3.63) is 45.2 Å². The molecule has 2 rings (SSSR count). The van der Waals surface area contributed by atoms with E-state index in [1.54, 1.807) is 31.6 Å². The zero-order chi connectivity index (χ0) is 15.7. The second kappa shape index (κ2) is 5.81. The van der Waals surface area contributed by atoms with Crippen LogP contribution in [0, 0.1) is 20.8 Å². The van der Waals surface area contributed by atoms with E-state index >= 15 is 0 Å². The van der Waals surface area contributed by atoms with Gasteiger partial charge in [-0.3, -0.25) is 14.3 Å². The molecule has 0 aliphatic heterocycles. The van der Waals surface area contributed by atoms with Crippen LogP contribution in [-0.4, -0.2) is 21.5 Å². The zero-order valence-corrected chi connectivity index (χ0v) is 13.9. The van der Waals surface area contributed by atoms with Gasteiger partial charge in [-0.2, -0.15) is 5.10 Å². The molecule has 1 aromatic heterocycles. The smallest absolute Gasteiger partial charge is 0.296 e. The van der Waals surface area contributed by atoms with Crippen molar-refractivity contribution in [1.29, 1.82) is 0 Å². The quantitative estimate of drug-likeness (QED) is 0.684. The summed E-state index contributed by atoms with van der Waals surface area (Å²) >= 11 is 3.37. The minimum Gasteiger partial charge on any atom is -0.318 e. The van der Waals surface area contributed by atoms with Crippen molar-refractivity contribution in [2.45, 2.75) is 20.8 Å². The van der Waals surface area contributed by atoms with Crippen molar-refractivity contribution in [1.82, 2.24) is 9.78 Å². The first-order valence-corrected chi connectivity index (χ1v) is 7.22. The molecule has 1 aromatic carbocycles. The maximum atomic E-state index is 12.3. The van der Waals surface area contributed by atoms with Crippen LogP contribution in [0.1, 0.15) is 27.3 Å². The van der Waals surface area contributed by atoms with Crippen molar-refractivity contribution in [2.24, 2.45) is 7.05 Å². The molecule has 2 aromatic rings. The Morgan fingerprint density at radius 1 is 1.24 bits per heavy atom. The van der Waals surface area contributed by atoms with Gasteiger partial charge in [0, 0.05) is 17.2 Å². The fourth-order valence-corrected chi connectivity index (χ4v) is 2.71. The predicted octanol–water partition coefficient (Wildman–Crippen LogP) is 2.93. The fraction of sp³-hybridized carbons (Fsp3) is 0.267. The van der Waals surface area contributed by atoms with Gasteiger partial charge in [-0.1, -0.05) is 6.07 Å². The molecule has 0 aliphatic carbocycles. The van der Waals surface area contributed by atoms with Crippen molar-refractivity contribution in [3.8, 4) is 0 Å². The molecule has 1 heterocycles. The molecular formula is C15H16BrN3O2. The molecular weight excluding hydrogens is 334 g/mol. The minimum absolute atomic E-state index is 0.359. The Kier molecular flexibility index (Phi) is 4.27. The largest absolute Gasteiger partial charge is 0.318 e. The van der Waals surface area contributed by atoms with Gasteiger partial charge in [0.15, 0.2) is 0 Å². The third kappa shape index (κ3) is 3.05. The second-order valence-corrected chi connectivity index (χ2v) is 5.79. The van der Waals surface area contributed by atoms with Gasteiger partial charge in [-0.25, -0.2) is 0 Å². The van der Waals surface area contributed by atoms with Gasteiger partial charge in [-0.15, -0.1) is 0 Å². The number of anilines is 1. The van der Waals surface area contributed by atoms with E-state index in [1.807, 2.05) is 19.1 Å². The van der Waals surface area contributed by atoms with Crippen LogP contribution < -0.4 is 5.32 Å². The van der Waals surface area contributed by atoms with Crippen LogP contribution >= 0.6 is 15.9 Å². The number of rotatable bonds is 3. The lowest BCUT2D eigenvalue weighted by Crippen LogP contribution is -2.24. The summed E-state index contributed by atoms with van der Waals surface area (Å²) in [5.74, 6) is -1.25. The number of nitrogens with zero attached hydrogens (tertiary/aromatic N) is 2. The Bertz CT molecular complexity index is 735. The monoisotopic (exact) mass is 349 g/mol. The highest BCUT2D eigenvalue weighted by Crippen LogP contribution is 2.24. The van der Waals surface area contributed by atoms with Gasteiger partial charge in [0.1, 0.15) is 0 Å². The molecule has 110 valence electrons. The van der Waals surface area contributed by atoms with Crippen molar-refractivity contribution >= 4 is 33.3 Å². The van der Waals surface area contributed by atoms with E-state index in [0.717, 1.165) is 10.0 Å². The van der Waals surface area contributed by atoms with Gasteiger partial charge in [0.2, 0.25) is 0 Å². The van der Waals surface area contributed by atoms with E-state index in [-0.39, 0.29) is 0 Å². The normalized spacial score (nSPS) is 10.5. The van der Waals surface area contributed by atoms with Crippen LogP contribution in [0.3, 0.4) is 0 Å². The summed E-state index contributed by atoms with van der Waals surface area (Å²) in [5, 5.41) is 6.78. The lowest BCUT2D eigenvalue weighted by atomic mass is 10.1. The van der Waals surface area contributed by atoms with Crippen LogP contribution in [0.15, 0.2) is 22.7 Å². The molecule has 0 aliphatic rings. The van der Waals surface area contributed by atoms with Gasteiger partial charge < -0.3 is 5.32 Å². The number of carbonyl (C=O) groups is 2. The summed E-state index contributed by atoms with van der Waals surface area (Å²) in [5.41, 5.74) is 3.22. The number of nitrogens with one attached hydrogen (secondary N) is 1. The lowest BCUT2D eigenvalue weighted by molar-refractivity contribution is -0.112. The number of halogens is 1. The van der Waals surface area contributed by atoms with Gasteiger partial charge in [0.05, 0.1) is 16.9 Å². The summed E-state index contributed by atoms with van der Waals surface area (Å²) in [7, 11) is 1.74. The molecule has 0 atom stereocenters. The highest BCUT2D eigenvalue weighted by Gasteiger charge is 2.24. The number of aromatic nitrogens is 2. The molecule has 6 heteroatoms. The van der Waals surface area contributed by atoms with E-state index in [4.69, 9.17) is 0 Å². The van der Waals surface area contributed by atoms with Crippen LogP contribution in [0.5, 0.6) is 0 Å². The van der Waals surface area contributed by atoms with E-state index in [0.29, 0.717) is 22.6 Å². The minimum atomic E-state index is -0.668. The van der Waals surface area contributed by atoms with Gasteiger partial charge >= 0.3 is 0 Å². The second-order valence-electron chi connectivity index (χ2n) is 4.94. The summed E-state index contributed by atoms with van der Waals surface area (Å²) < 4.78 is 2.33. The molecule has 0 unspecified atom stereocenters. The van der Waals surface area contributed by atoms with Gasteiger partial charge in [-0.05, 0) is 54.4 Å². The molecule has 0 saturated heterocycles. The number of benzene rings is 1. The number of Topliss-reactive ketones (excluding diaryl/α,β-unsaturated/α-hetero) is 1. The number of hydrogen-bond donors (Lipinski definition) is 1. The van der Waals surface area contributed by atoms with E-state index in [2.05, 4.69) is 26.3 Å². The Morgan fingerprint density at radius 2 is 1.90 bits per heavy atom. The predicted molar refractivity (Wildman–Crippen MR) is 84.5 cm³/mol. The van der Waals surface area contributed by atoms with Crippen molar-refractivity contribution in [2.75, 3.05) is 5.32 Å². The van der Waals surface area contributed by atoms with Crippen LogP contribution in [0.25, 0.3) is 0 Å². The molecule has 21 heavy (non-hydrogen) atoms. The van der Waals surface area contributed by atoms with Crippen LogP contribution in [-0.2, 0) is 11.8 Å². The van der Waals surface area contributed by atoms with Crippen molar-refractivity contribution in [3.63, 3.8) is 0 Å². The molecule has 5 nitrogen and oxygen atoms in total. The molecule has 0 bridgehead atoms. The molecule has 0 spiro atoms. The Hall–Kier alpha value is -1.95. The zero-order valence-electron chi connectivity index (χ0n) is 12.3. The Morgan fingerprint density at radius 3 is 2.43 bits per heavy atom. The maximum Gasteiger partial charge on any atom is 0.296 e. The molecule has 1 N–H and O–H groups in total. The third-order valence-corrected chi connectivity index (χ3v) is 3.97. The van der Waals surface area contributed by atoms with Crippen LogP contribution in [0.2, 0.25) is 0 Å². The molecule has 0 fully saturated rings. The SMILES string of the molecule is Cc1ccc(NC(=O)C(=O)c2c(C)nn(C)c2C)c(Br)c1. The standard InChI is InChI=1S/C15H16BrN3O2/c1-8-5-6-12(11(16)7-8)17-15(21)14(20)13-9(2)18-19(4)10(13)3/h5-7H,1-4H3,(H,17,21). The highest BCUT2D eigenvalue weighted by atomic mass is 79.9. The third-order valence-electron chi connectivity index (χ3n) is 3.32. The number of hydrogen-bond acceptors (Lipinski definition) is 3. The first-order valence-electron chi connectivity index (χ1n) is 6.43. The Balaban J connectivity index is 2.26. The van der Waals surface area contributed by atoms with Crippen LogP contribution in [0.4, 0.5) is 5.69 Å². The van der Waals surface area contributed by atoms with Gasteiger partial charge in [0.25, 0.3) is 11.7 Å². The first-order chi connectivity index (χ1) is 9.81. The average molecular weight is 350 g/mol. The number of carbonyl (C=O) groups excluding carboxylic acids is 2. The highest BCUT2D eigenvalue weighted by molar-refractivity contribution is 9.10. The summed E-state index contributed by atoms with van der Waals surface area (Å²) in [4.78, 5) is 24.4. The van der Waals surface area contributed by atoms with E-state index < -0.39 is 11.7 Å². The van der Waals surface area contributed by atoms with E-state index in [9.17, 15) is 9.59 Å². The number of amides is 1. The van der Waals surface area contributed by atoms with Crippen molar-refractivity contribution < 1.29 is 9.59 Å². The number of ketones is 1.